The van der Waals surface area contributed by atoms with Crippen LogP contribution in [0.15, 0.2) is 60.9 Å². The minimum absolute atomic E-state index is 0.0963. The molecule has 12 heteroatoms. The molecular formula is C38H49FN6O5. The summed E-state index contributed by atoms with van der Waals surface area (Å²) in [5.74, 6) is 0.451. The Balaban J connectivity index is 0.00000276. The highest BCUT2D eigenvalue weighted by Crippen LogP contribution is 2.40. The van der Waals surface area contributed by atoms with Crippen LogP contribution in [0.3, 0.4) is 0 Å². The monoisotopic (exact) mass is 688 g/mol. The van der Waals surface area contributed by atoms with E-state index in [4.69, 9.17) is 9.47 Å². The first kappa shape index (κ1) is 37.8. The molecule has 2 aromatic carbocycles. The number of halogens is 1. The highest BCUT2D eigenvalue weighted by atomic mass is 19.1. The molecule has 0 radical (unpaired) electrons. The molecule has 268 valence electrons. The summed E-state index contributed by atoms with van der Waals surface area (Å²) in [6.45, 7) is 9.22. The number of amides is 2. The van der Waals surface area contributed by atoms with Crippen LogP contribution in [-0.4, -0.2) is 61.8 Å². The molecule has 2 N–H and O–H groups in total. The molecule has 2 amide bonds. The quantitative estimate of drug-likeness (QED) is 0.139. The second-order valence-electron chi connectivity index (χ2n) is 12.1. The van der Waals surface area contributed by atoms with E-state index < -0.39 is 17.9 Å². The van der Waals surface area contributed by atoms with E-state index in [0.717, 1.165) is 30.5 Å². The summed E-state index contributed by atoms with van der Waals surface area (Å²) < 4.78 is 29.2. The number of fused-ring (bicyclic) bond motifs is 1. The van der Waals surface area contributed by atoms with Gasteiger partial charge in [0.05, 0.1) is 34.3 Å². The van der Waals surface area contributed by atoms with Crippen molar-refractivity contribution in [1.29, 1.82) is 0 Å². The fourth-order valence-corrected chi connectivity index (χ4v) is 5.63. The minimum atomic E-state index is -1.65. The summed E-state index contributed by atoms with van der Waals surface area (Å²) in [7, 11) is 3.28. The van der Waals surface area contributed by atoms with Crippen LogP contribution in [-0.2, 0) is 23.4 Å². The molecule has 4 aromatic rings. The number of rotatable bonds is 14. The van der Waals surface area contributed by atoms with E-state index in [1.165, 1.54) is 22.7 Å². The molecule has 5 rings (SSSR count). The summed E-state index contributed by atoms with van der Waals surface area (Å²) in [6.07, 6.45) is 9.73. The van der Waals surface area contributed by atoms with Crippen molar-refractivity contribution in [3.63, 3.8) is 0 Å². The lowest BCUT2D eigenvalue weighted by molar-refractivity contribution is -0.129. The Morgan fingerprint density at radius 3 is 2.60 bits per heavy atom. The largest absolute Gasteiger partial charge is 0.460 e. The maximum Gasteiger partial charge on any atom is 0.259 e. The van der Waals surface area contributed by atoms with Gasteiger partial charge in [-0.1, -0.05) is 58.7 Å². The van der Waals surface area contributed by atoms with Gasteiger partial charge in [0.15, 0.2) is 0 Å². The van der Waals surface area contributed by atoms with Crippen LogP contribution in [0.5, 0.6) is 17.2 Å². The van der Waals surface area contributed by atoms with Crippen molar-refractivity contribution in [3.8, 4) is 28.5 Å². The predicted octanol–water partition coefficient (Wildman–Crippen LogP) is 7.80. The number of unbranched alkanes of at least 4 members (excludes halogenated alkanes) is 1. The number of carbonyl (C=O) groups excluding carboxylic acids is 2. The summed E-state index contributed by atoms with van der Waals surface area (Å²) in [5, 5.41) is 23.3. The fraction of sp³-hybridized carbons (Fsp3) is 0.421. The Labute approximate surface area is 293 Å². The van der Waals surface area contributed by atoms with E-state index in [1.54, 1.807) is 49.2 Å². The normalized spacial score (nSPS) is 13.7. The highest BCUT2D eigenvalue weighted by molar-refractivity contribution is 6.07. The number of hydrogen-bond donors (Lipinski definition) is 2. The standard InChI is InChI=1S/C36H43FN6O5.C2H6/c1-6-8-17-36(46,7-2)25-12-11-13-26(19-25)48-27-15-16-32(47-24(3)37)28(20-27)34-30(22-42(40-34)23-33(44)41(4)5)39-35(45)29-21-38-43-18-10-9-14-31(29)43;1-2/h10-13,15-16,18-22,24,46H,6-9,14,17,23H2,1-5H3,(H,39,45);1-2H3. The Morgan fingerprint density at radius 2 is 1.90 bits per heavy atom. The first-order chi connectivity index (χ1) is 24.0. The average Bonchev–Trinajstić information content (AvgIpc) is 3.72. The molecule has 1 aliphatic rings. The van der Waals surface area contributed by atoms with E-state index in [0.29, 0.717) is 41.9 Å². The van der Waals surface area contributed by atoms with Crippen molar-refractivity contribution in [2.45, 2.75) is 91.6 Å². The SMILES string of the molecule is CC.CCCCC(O)(CC)c1cccc(Oc2ccc(OC(C)F)c(-c3nn(CC(=O)N(C)C)cc3NC(=O)c3cnn4c3CCC=C4)c2)c1. The number of aliphatic hydroxyl groups is 1. The van der Waals surface area contributed by atoms with E-state index in [-0.39, 0.29) is 29.6 Å². The molecule has 0 spiro atoms. The molecule has 2 atom stereocenters. The number of hydrogen-bond acceptors (Lipinski definition) is 7. The number of nitrogens with zero attached hydrogens (tertiary/aromatic N) is 5. The molecule has 50 heavy (non-hydrogen) atoms. The maximum absolute atomic E-state index is 14.3. The van der Waals surface area contributed by atoms with Crippen molar-refractivity contribution in [1.82, 2.24) is 24.5 Å². The fourth-order valence-electron chi connectivity index (χ4n) is 5.63. The number of nitrogens with one attached hydrogen (secondary N) is 1. The predicted molar refractivity (Wildman–Crippen MR) is 193 cm³/mol. The van der Waals surface area contributed by atoms with Crippen molar-refractivity contribution in [3.05, 3.63) is 77.8 Å². The van der Waals surface area contributed by atoms with Crippen LogP contribution in [0.25, 0.3) is 17.5 Å². The molecule has 3 heterocycles. The van der Waals surface area contributed by atoms with Gasteiger partial charge in [0.25, 0.3) is 5.91 Å². The molecular weight excluding hydrogens is 639 g/mol. The van der Waals surface area contributed by atoms with E-state index in [1.807, 2.05) is 51.2 Å². The van der Waals surface area contributed by atoms with Gasteiger partial charge in [0.1, 0.15) is 29.5 Å². The van der Waals surface area contributed by atoms with Gasteiger partial charge in [-0.15, -0.1) is 0 Å². The summed E-state index contributed by atoms with van der Waals surface area (Å²) >= 11 is 0. The van der Waals surface area contributed by atoms with Crippen LogP contribution in [0.2, 0.25) is 0 Å². The van der Waals surface area contributed by atoms with Crippen LogP contribution >= 0.6 is 0 Å². The number of benzene rings is 2. The van der Waals surface area contributed by atoms with Gasteiger partial charge in [-0.25, -0.2) is 9.07 Å². The van der Waals surface area contributed by atoms with Gasteiger partial charge in [0.2, 0.25) is 12.3 Å². The van der Waals surface area contributed by atoms with Crippen molar-refractivity contribution in [2.24, 2.45) is 0 Å². The summed E-state index contributed by atoms with van der Waals surface area (Å²) in [6, 6.07) is 12.2. The van der Waals surface area contributed by atoms with Crippen molar-refractivity contribution >= 4 is 23.7 Å². The number of alkyl halides is 1. The molecule has 0 saturated carbocycles. The Kier molecular flexibility index (Phi) is 12.9. The van der Waals surface area contributed by atoms with E-state index in [9.17, 15) is 19.1 Å². The first-order valence-corrected chi connectivity index (χ1v) is 17.3. The van der Waals surface area contributed by atoms with Crippen LogP contribution in [0.4, 0.5) is 10.1 Å². The van der Waals surface area contributed by atoms with Crippen LogP contribution in [0, 0.1) is 0 Å². The smallest absolute Gasteiger partial charge is 0.259 e. The van der Waals surface area contributed by atoms with Crippen LogP contribution < -0.4 is 14.8 Å². The second kappa shape index (κ2) is 17.1. The summed E-state index contributed by atoms with van der Waals surface area (Å²) in [4.78, 5) is 27.7. The molecule has 0 fully saturated rings. The Hall–Kier alpha value is -4.97. The Bertz CT molecular complexity index is 1800. The summed E-state index contributed by atoms with van der Waals surface area (Å²) in [5.41, 5.74) is 1.86. The van der Waals surface area contributed by atoms with E-state index in [2.05, 4.69) is 22.4 Å². The third kappa shape index (κ3) is 8.97. The number of likely N-dealkylation sites (N-methyl/N-ethyl adjacent to an activating group) is 1. The van der Waals surface area contributed by atoms with Gasteiger partial charge in [-0.2, -0.15) is 10.2 Å². The topological polar surface area (TPSA) is 124 Å². The number of aromatic nitrogens is 4. The second-order valence-corrected chi connectivity index (χ2v) is 12.1. The molecule has 0 bridgehead atoms. The first-order valence-electron chi connectivity index (χ1n) is 17.3. The third-order valence-electron chi connectivity index (χ3n) is 8.38. The van der Waals surface area contributed by atoms with Gasteiger partial charge in [0, 0.05) is 33.4 Å². The van der Waals surface area contributed by atoms with Crippen molar-refractivity contribution < 1.29 is 28.6 Å². The molecule has 0 aliphatic carbocycles. The lowest BCUT2D eigenvalue weighted by Crippen LogP contribution is -2.26. The number of allylic oxidation sites excluding steroid dienone is 1. The van der Waals surface area contributed by atoms with Gasteiger partial charge in [-0.3, -0.25) is 14.3 Å². The zero-order valence-electron chi connectivity index (χ0n) is 30.1. The molecule has 2 unspecified atom stereocenters. The average molecular weight is 689 g/mol. The minimum Gasteiger partial charge on any atom is -0.460 e. The number of anilines is 1. The molecule has 11 nitrogen and oxygen atoms in total. The lowest BCUT2D eigenvalue weighted by atomic mass is 9.86. The Morgan fingerprint density at radius 1 is 1.14 bits per heavy atom. The zero-order valence-corrected chi connectivity index (χ0v) is 30.1. The zero-order chi connectivity index (χ0) is 36.4. The van der Waals surface area contributed by atoms with Gasteiger partial charge in [-0.05, 0) is 61.6 Å². The number of ether oxygens (including phenoxy) is 2. The van der Waals surface area contributed by atoms with Gasteiger partial charge < -0.3 is 24.8 Å². The lowest BCUT2D eigenvalue weighted by Gasteiger charge is -2.27. The van der Waals surface area contributed by atoms with Crippen LogP contribution in [0.1, 0.15) is 88.3 Å². The third-order valence-corrected chi connectivity index (χ3v) is 8.38. The maximum atomic E-state index is 14.3. The number of carbonyl (C=O) groups is 2. The molecule has 0 saturated heterocycles. The highest BCUT2D eigenvalue weighted by Gasteiger charge is 2.27. The molecule has 2 aromatic heterocycles. The van der Waals surface area contributed by atoms with E-state index >= 15 is 0 Å². The van der Waals surface area contributed by atoms with Crippen molar-refractivity contribution in [2.75, 3.05) is 19.4 Å². The van der Waals surface area contributed by atoms with Gasteiger partial charge >= 0.3 is 0 Å². The molecule has 1 aliphatic heterocycles.